The van der Waals surface area contributed by atoms with Gasteiger partial charge in [-0.25, -0.2) is 0 Å². The van der Waals surface area contributed by atoms with E-state index in [4.69, 9.17) is 9.47 Å². The highest BCUT2D eigenvalue weighted by Gasteiger charge is 2.29. The number of benzene rings is 2. The van der Waals surface area contributed by atoms with Crippen LogP contribution in [0.5, 0.6) is 11.5 Å². The predicted octanol–water partition coefficient (Wildman–Crippen LogP) is 3.46. The number of rotatable bonds is 16. The molecule has 38 heavy (non-hydrogen) atoms. The summed E-state index contributed by atoms with van der Waals surface area (Å²) >= 11 is 0. The number of aliphatic hydroxyl groups is 2. The molecule has 0 aromatic heterocycles. The van der Waals surface area contributed by atoms with Crippen LogP contribution in [0, 0.1) is 0 Å². The molecule has 1 saturated heterocycles. The highest BCUT2D eigenvalue weighted by Crippen LogP contribution is 2.23. The molecule has 208 valence electrons. The van der Waals surface area contributed by atoms with Crippen molar-refractivity contribution in [1.29, 1.82) is 0 Å². The van der Waals surface area contributed by atoms with Crippen molar-refractivity contribution in [1.82, 2.24) is 10.2 Å². The Balaban J connectivity index is 1.55. The van der Waals surface area contributed by atoms with Crippen LogP contribution in [0.1, 0.15) is 60.6 Å². The molecule has 1 amide bonds. The lowest BCUT2D eigenvalue weighted by atomic mass is 10.0. The van der Waals surface area contributed by atoms with Gasteiger partial charge in [0.05, 0.1) is 32.5 Å². The van der Waals surface area contributed by atoms with Gasteiger partial charge in [0.2, 0.25) is 5.91 Å². The first-order valence-electron chi connectivity index (χ1n) is 13.2. The third-order valence-electron chi connectivity index (χ3n) is 6.67. The largest absolute Gasteiger partial charge is 0.497 e. The Morgan fingerprint density at radius 3 is 2.39 bits per heavy atom. The quantitative estimate of drug-likeness (QED) is 0.225. The van der Waals surface area contributed by atoms with Gasteiger partial charge in [-0.05, 0) is 67.6 Å². The van der Waals surface area contributed by atoms with Gasteiger partial charge in [0.1, 0.15) is 17.6 Å². The van der Waals surface area contributed by atoms with E-state index in [1.807, 2.05) is 4.90 Å². The number of β-amino-alcohol motifs (C(OH)–C–C–N with tert-alkyl or cyclic N) is 1. The number of likely N-dealkylation sites (tertiary alicyclic amines) is 1. The molecular weight excluding hydrogens is 491 g/mol. The Morgan fingerprint density at radius 2 is 1.76 bits per heavy atom. The Hall–Kier alpha value is -3.01. The van der Waals surface area contributed by atoms with E-state index in [9.17, 15) is 24.2 Å². The minimum Gasteiger partial charge on any atom is -0.497 e. The van der Waals surface area contributed by atoms with Gasteiger partial charge in [-0.2, -0.15) is 0 Å². The molecule has 0 aliphatic carbocycles. The topological polar surface area (TPSA) is 108 Å². The fourth-order valence-electron chi connectivity index (χ4n) is 4.47. The summed E-state index contributed by atoms with van der Waals surface area (Å²) in [7, 11) is 1.56. The standard InChI is InChI=1S/C29H39FN2O6/c1-37-24-11-7-21(8-12-24)27(34)5-4-6-28(35)31-26(20-32-17-15-23(33)19-32)29(36)22-9-13-25(14-10-22)38-18-3-2-16-30/h7-14,23,26,29,33,36H,2-6,15-20H2,1H3,(H,31,35)/t23-,26+,29+/m0/s1. The van der Waals surface area contributed by atoms with Crippen LogP contribution in [0.3, 0.4) is 0 Å². The zero-order valence-corrected chi connectivity index (χ0v) is 22.0. The number of ketones is 1. The van der Waals surface area contributed by atoms with Crippen LogP contribution < -0.4 is 14.8 Å². The molecular formula is C29H39FN2O6. The molecule has 1 heterocycles. The van der Waals surface area contributed by atoms with Gasteiger partial charge in [-0.15, -0.1) is 0 Å². The van der Waals surface area contributed by atoms with E-state index in [1.54, 1.807) is 55.6 Å². The molecule has 3 atom stereocenters. The minimum atomic E-state index is -0.974. The third kappa shape index (κ3) is 9.38. The van der Waals surface area contributed by atoms with E-state index in [-0.39, 0.29) is 31.2 Å². The molecule has 2 aromatic rings. The van der Waals surface area contributed by atoms with Gasteiger partial charge in [-0.1, -0.05) is 12.1 Å². The van der Waals surface area contributed by atoms with Crippen molar-refractivity contribution in [3.05, 3.63) is 59.7 Å². The maximum atomic E-state index is 12.8. The maximum absolute atomic E-state index is 12.8. The summed E-state index contributed by atoms with van der Waals surface area (Å²) in [6.45, 7) is 1.61. The lowest BCUT2D eigenvalue weighted by Crippen LogP contribution is -2.47. The molecule has 8 nitrogen and oxygen atoms in total. The summed E-state index contributed by atoms with van der Waals surface area (Å²) in [4.78, 5) is 27.3. The Labute approximate surface area is 223 Å². The van der Waals surface area contributed by atoms with E-state index in [2.05, 4.69) is 5.32 Å². The van der Waals surface area contributed by atoms with Gasteiger partial charge < -0.3 is 25.0 Å². The second kappa shape index (κ2) is 15.4. The summed E-state index contributed by atoms with van der Waals surface area (Å²) in [6, 6.07) is 13.3. The van der Waals surface area contributed by atoms with Gasteiger partial charge in [-0.3, -0.25) is 18.9 Å². The highest BCUT2D eigenvalue weighted by molar-refractivity contribution is 5.96. The number of ether oxygens (including phenoxy) is 2. The number of aliphatic hydroxyl groups excluding tert-OH is 2. The van der Waals surface area contributed by atoms with Crippen LogP contribution in [0.25, 0.3) is 0 Å². The zero-order chi connectivity index (χ0) is 27.3. The lowest BCUT2D eigenvalue weighted by Gasteiger charge is -2.29. The van der Waals surface area contributed by atoms with Crippen molar-refractivity contribution >= 4 is 11.7 Å². The average Bonchev–Trinajstić information content (AvgIpc) is 3.35. The van der Waals surface area contributed by atoms with Crippen molar-refractivity contribution in [2.24, 2.45) is 0 Å². The average molecular weight is 531 g/mol. The van der Waals surface area contributed by atoms with Crippen molar-refractivity contribution in [3.8, 4) is 11.5 Å². The van der Waals surface area contributed by atoms with E-state index in [0.29, 0.717) is 74.6 Å². The summed E-state index contributed by atoms with van der Waals surface area (Å²) in [5.74, 6) is 1.01. The van der Waals surface area contributed by atoms with Crippen LogP contribution in [-0.2, 0) is 4.79 Å². The van der Waals surface area contributed by atoms with E-state index in [0.717, 1.165) is 0 Å². The smallest absolute Gasteiger partial charge is 0.220 e. The minimum absolute atomic E-state index is 0.0462. The number of carbonyl (C=O) groups is 2. The number of hydrogen-bond acceptors (Lipinski definition) is 7. The van der Waals surface area contributed by atoms with Gasteiger partial charge in [0.15, 0.2) is 5.78 Å². The monoisotopic (exact) mass is 530 g/mol. The number of Topliss-reactive ketones (excluding diaryl/α,β-unsaturated/α-hetero) is 1. The first-order valence-corrected chi connectivity index (χ1v) is 13.2. The number of alkyl halides is 1. The molecule has 0 saturated carbocycles. The van der Waals surface area contributed by atoms with Crippen molar-refractivity contribution in [3.63, 3.8) is 0 Å². The van der Waals surface area contributed by atoms with Crippen LogP contribution >= 0.6 is 0 Å². The van der Waals surface area contributed by atoms with E-state index >= 15 is 0 Å². The Morgan fingerprint density at radius 1 is 1.05 bits per heavy atom. The molecule has 3 rings (SSSR count). The number of halogens is 1. The maximum Gasteiger partial charge on any atom is 0.220 e. The second-order valence-electron chi connectivity index (χ2n) is 9.64. The van der Waals surface area contributed by atoms with Crippen LogP contribution in [0.2, 0.25) is 0 Å². The molecule has 0 unspecified atom stereocenters. The second-order valence-corrected chi connectivity index (χ2v) is 9.64. The SMILES string of the molecule is COc1ccc(C(=O)CCCC(=O)N[C@H](CN2CC[C@H](O)C2)[C@H](O)c2ccc(OCCCCF)cc2)cc1. The predicted molar refractivity (Wildman–Crippen MR) is 142 cm³/mol. The number of unbranched alkanes of at least 4 members (excludes halogenated alkanes) is 1. The Kier molecular flexibility index (Phi) is 12.0. The molecule has 0 bridgehead atoms. The first-order chi connectivity index (χ1) is 18.4. The normalized spacial score (nSPS) is 17.1. The molecule has 3 N–H and O–H groups in total. The number of carbonyl (C=O) groups excluding carboxylic acids is 2. The summed E-state index contributed by atoms with van der Waals surface area (Å²) in [6.07, 6.45) is 1.12. The van der Waals surface area contributed by atoms with Gasteiger partial charge in [0, 0.05) is 38.0 Å². The number of nitrogens with one attached hydrogen (secondary N) is 1. The van der Waals surface area contributed by atoms with Crippen LogP contribution in [0.15, 0.2) is 48.5 Å². The van der Waals surface area contributed by atoms with Gasteiger partial charge >= 0.3 is 0 Å². The third-order valence-corrected chi connectivity index (χ3v) is 6.67. The summed E-state index contributed by atoms with van der Waals surface area (Å²) < 4.78 is 23.0. The number of nitrogens with zero attached hydrogens (tertiary/aromatic N) is 1. The number of amides is 1. The highest BCUT2D eigenvalue weighted by atomic mass is 19.1. The molecule has 1 aliphatic rings. The zero-order valence-electron chi connectivity index (χ0n) is 22.0. The summed E-state index contributed by atoms with van der Waals surface area (Å²) in [5.41, 5.74) is 1.20. The Bertz CT molecular complexity index is 1000. The summed E-state index contributed by atoms with van der Waals surface area (Å²) in [5, 5.41) is 24.0. The molecule has 1 aliphatic heterocycles. The fourth-order valence-corrected chi connectivity index (χ4v) is 4.47. The van der Waals surface area contributed by atoms with Crippen molar-refractivity contribution < 1.29 is 33.7 Å². The van der Waals surface area contributed by atoms with Crippen LogP contribution in [0.4, 0.5) is 4.39 Å². The van der Waals surface area contributed by atoms with Crippen LogP contribution in [-0.4, -0.2) is 79.0 Å². The van der Waals surface area contributed by atoms with Crippen molar-refractivity contribution in [2.75, 3.05) is 40.0 Å². The van der Waals surface area contributed by atoms with E-state index in [1.165, 1.54) is 0 Å². The molecule has 1 fully saturated rings. The molecule has 0 radical (unpaired) electrons. The van der Waals surface area contributed by atoms with Crippen molar-refractivity contribution in [2.45, 2.75) is 56.8 Å². The lowest BCUT2D eigenvalue weighted by molar-refractivity contribution is -0.123. The molecule has 2 aromatic carbocycles. The molecule has 0 spiro atoms. The van der Waals surface area contributed by atoms with E-state index < -0.39 is 18.2 Å². The van der Waals surface area contributed by atoms with Gasteiger partial charge in [0.25, 0.3) is 0 Å². The number of hydrogen-bond donors (Lipinski definition) is 3. The number of methoxy groups -OCH3 is 1. The molecule has 9 heteroatoms. The fraction of sp³-hybridized carbons (Fsp3) is 0.517. The first kappa shape index (κ1) is 29.5.